The Labute approximate surface area is 193 Å². The number of nitrogens with zero attached hydrogens (tertiary/aromatic N) is 1. The van der Waals surface area contributed by atoms with Crippen LogP contribution >= 0.6 is 10.2 Å². The molecule has 0 spiro atoms. The average Bonchev–Trinajstić information content (AvgIpc) is 2.78. The van der Waals surface area contributed by atoms with Crippen molar-refractivity contribution < 1.29 is 33.7 Å². The number of benzene rings is 3. The molecule has 34 heavy (non-hydrogen) atoms. The summed E-state index contributed by atoms with van der Waals surface area (Å²) in [4.78, 5) is 11.8. The predicted molar refractivity (Wildman–Crippen MR) is 125 cm³/mol. The van der Waals surface area contributed by atoms with E-state index in [0.29, 0.717) is 40.6 Å². The van der Waals surface area contributed by atoms with E-state index in [9.17, 15) is 24.2 Å². The summed E-state index contributed by atoms with van der Waals surface area (Å²) < 4.78 is 74.8. The van der Waals surface area contributed by atoms with E-state index < -0.39 is 21.1 Å². The van der Waals surface area contributed by atoms with Gasteiger partial charge in [0.15, 0.2) is 0 Å². The summed E-state index contributed by atoms with van der Waals surface area (Å²) in [5, 5.41) is 3.17. The Balaban J connectivity index is 1.87. The first kappa shape index (κ1) is 25.2. The fourth-order valence-corrected chi connectivity index (χ4v) is 3.91. The lowest BCUT2D eigenvalue weighted by atomic mass is 10.1. The monoisotopic (exact) mass is 502 g/mol. The van der Waals surface area contributed by atoms with Gasteiger partial charge in [0.2, 0.25) is 0 Å². The third-order valence-corrected chi connectivity index (χ3v) is 6.33. The number of hydrogen-bond acceptors (Lipinski definition) is 5. The van der Waals surface area contributed by atoms with E-state index in [0.717, 1.165) is 17.7 Å². The van der Waals surface area contributed by atoms with E-state index in [2.05, 4.69) is 5.32 Å². The van der Waals surface area contributed by atoms with Crippen LogP contribution in [0.4, 0.5) is 42.2 Å². The molecule has 0 aliphatic heterocycles. The molecular formula is C23H23F5N2O3S. The summed E-state index contributed by atoms with van der Waals surface area (Å²) in [6, 6.07) is 12.9. The molecule has 0 bridgehead atoms. The normalized spacial score (nSPS) is 13.4. The van der Waals surface area contributed by atoms with Gasteiger partial charge in [-0.05, 0) is 73.2 Å². The zero-order valence-corrected chi connectivity index (χ0v) is 19.6. The van der Waals surface area contributed by atoms with E-state index in [1.165, 1.54) is 14.2 Å². The van der Waals surface area contributed by atoms with Crippen molar-refractivity contribution in [3.05, 3.63) is 71.8 Å². The van der Waals surface area contributed by atoms with Gasteiger partial charge in [0.05, 0.1) is 25.5 Å². The number of ether oxygens (including phenoxy) is 2. The fourth-order valence-electron chi connectivity index (χ4n) is 3.26. The Morgan fingerprint density at radius 1 is 0.853 bits per heavy atom. The van der Waals surface area contributed by atoms with Crippen molar-refractivity contribution in [1.29, 1.82) is 0 Å². The first-order valence-corrected chi connectivity index (χ1v) is 11.8. The zero-order chi connectivity index (χ0) is 25.4. The number of carbonyl (C=O) groups excluding carboxylic acids is 1. The molecule has 3 aromatic rings. The number of carbonyl (C=O) groups is 1. The van der Waals surface area contributed by atoms with E-state index in [1.807, 2.05) is 0 Å². The van der Waals surface area contributed by atoms with Crippen LogP contribution in [0.1, 0.15) is 15.9 Å². The van der Waals surface area contributed by atoms with Crippen LogP contribution < -0.4 is 15.0 Å². The lowest BCUT2D eigenvalue weighted by molar-refractivity contribution is 0.0601. The van der Waals surface area contributed by atoms with Gasteiger partial charge in [-0.3, -0.25) is 0 Å². The van der Waals surface area contributed by atoms with Gasteiger partial charge in [0.1, 0.15) is 10.6 Å². The smallest absolute Gasteiger partial charge is 0.340 e. The Morgan fingerprint density at radius 2 is 1.44 bits per heavy atom. The second-order valence-electron chi connectivity index (χ2n) is 7.55. The van der Waals surface area contributed by atoms with Gasteiger partial charge < -0.3 is 19.7 Å². The van der Waals surface area contributed by atoms with Gasteiger partial charge in [0.25, 0.3) is 0 Å². The van der Waals surface area contributed by atoms with Crippen LogP contribution in [0.3, 0.4) is 0 Å². The molecule has 0 atom stereocenters. The van der Waals surface area contributed by atoms with Gasteiger partial charge >= 0.3 is 16.2 Å². The summed E-state index contributed by atoms with van der Waals surface area (Å²) in [5.41, 5.74) is 3.11. The molecule has 0 aromatic heterocycles. The number of anilines is 4. The maximum Gasteiger partial charge on any atom is 0.340 e. The van der Waals surface area contributed by atoms with E-state index in [-0.39, 0.29) is 5.56 Å². The van der Waals surface area contributed by atoms with E-state index in [1.54, 1.807) is 55.3 Å². The van der Waals surface area contributed by atoms with Crippen LogP contribution in [0.2, 0.25) is 0 Å². The quantitative estimate of drug-likeness (QED) is 0.262. The average molecular weight is 503 g/mol. The molecule has 0 fully saturated rings. The summed E-state index contributed by atoms with van der Waals surface area (Å²) in [6.45, 7) is 1.80. The van der Waals surface area contributed by atoms with Crippen molar-refractivity contribution in [2.45, 2.75) is 11.8 Å². The molecule has 11 heteroatoms. The SMILES string of the molecule is COC(=O)c1cc(OC)ccc1Nc1ccc(N(C)c2ccc(S(F)(F)(F)(F)F)cc2)cc1C. The Morgan fingerprint density at radius 3 is 1.97 bits per heavy atom. The molecule has 0 radical (unpaired) electrons. The highest BCUT2D eigenvalue weighted by molar-refractivity contribution is 8.45. The molecule has 0 amide bonds. The van der Waals surface area contributed by atoms with Crippen LogP contribution in [0.15, 0.2) is 65.6 Å². The highest BCUT2D eigenvalue weighted by Gasteiger charge is 2.65. The molecule has 5 nitrogen and oxygen atoms in total. The second-order valence-corrected chi connectivity index (χ2v) is 9.96. The van der Waals surface area contributed by atoms with Crippen molar-refractivity contribution in [3.8, 4) is 5.75 Å². The second kappa shape index (κ2) is 8.08. The van der Waals surface area contributed by atoms with Crippen LogP contribution in [0.25, 0.3) is 0 Å². The largest absolute Gasteiger partial charge is 0.497 e. The summed E-state index contributed by atoms with van der Waals surface area (Å²) in [5.74, 6) is -0.0683. The minimum atomic E-state index is -9.72. The number of hydrogen-bond donors (Lipinski definition) is 1. The van der Waals surface area contributed by atoms with Crippen LogP contribution in [0, 0.1) is 6.92 Å². The van der Waals surface area contributed by atoms with Crippen LogP contribution in [-0.4, -0.2) is 27.2 Å². The highest BCUT2D eigenvalue weighted by atomic mass is 32.5. The Kier molecular flexibility index (Phi) is 5.98. The zero-order valence-electron chi connectivity index (χ0n) is 18.7. The van der Waals surface area contributed by atoms with Crippen molar-refractivity contribution >= 4 is 38.9 Å². The topological polar surface area (TPSA) is 50.8 Å². The van der Waals surface area contributed by atoms with E-state index >= 15 is 0 Å². The first-order chi connectivity index (χ1) is 15.6. The molecule has 0 saturated carbocycles. The van der Waals surface area contributed by atoms with Gasteiger partial charge in [0, 0.05) is 24.1 Å². The maximum atomic E-state index is 13.0. The first-order valence-electron chi connectivity index (χ1n) is 9.85. The molecule has 0 heterocycles. The molecule has 3 aromatic carbocycles. The molecule has 0 aliphatic rings. The summed E-state index contributed by atoms with van der Waals surface area (Å²) >= 11 is 0. The lowest BCUT2D eigenvalue weighted by Crippen LogP contribution is -2.11. The highest BCUT2D eigenvalue weighted by Crippen LogP contribution is 3.02. The molecule has 0 unspecified atom stereocenters. The number of halogens is 5. The van der Waals surface area contributed by atoms with Crippen LogP contribution in [0.5, 0.6) is 5.75 Å². The van der Waals surface area contributed by atoms with Crippen molar-refractivity contribution in [1.82, 2.24) is 0 Å². The minimum absolute atomic E-state index is 0.270. The minimum Gasteiger partial charge on any atom is -0.497 e. The third-order valence-electron chi connectivity index (χ3n) is 5.17. The molecule has 184 valence electrons. The third kappa shape index (κ3) is 5.53. The van der Waals surface area contributed by atoms with Gasteiger partial charge in [-0.15, -0.1) is 0 Å². The maximum absolute atomic E-state index is 13.0. The van der Waals surface area contributed by atoms with Gasteiger partial charge in [-0.1, -0.05) is 19.4 Å². The lowest BCUT2D eigenvalue weighted by Gasteiger charge is -2.40. The number of aryl methyl sites for hydroxylation is 1. The van der Waals surface area contributed by atoms with Crippen molar-refractivity contribution in [2.75, 3.05) is 31.5 Å². The van der Waals surface area contributed by atoms with Gasteiger partial charge in [-0.2, -0.15) is 0 Å². The number of methoxy groups -OCH3 is 2. The number of esters is 1. The molecule has 0 saturated heterocycles. The summed E-state index contributed by atoms with van der Waals surface area (Å²) in [6.07, 6.45) is 0. The predicted octanol–water partition coefficient (Wildman–Crippen LogP) is 7.96. The fraction of sp³-hybridized carbons (Fsp3) is 0.174. The molecular weight excluding hydrogens is 479 g/mol. The van der Waals surface area contributed by atoms with Crippen molar-refractivity contribution in [2.24, 2.45) is 0 Å². The molecule has 1 N–H and O–H groups in total. The Hall–Kier alpha value is -3.47. The molecule has 3 rings (SSSR count). The number of rotatable bonds is 7. The number of nitrogens with one attached hydrogen (secondary N) is 1. The molecule has 0 aliphatic carbocycles. The standard InChI is InChI=1S/C23H23F5N2O3S/c1-15-13-17(30(2)16-5-9-19(10-6-16)34(24,25,26,27)28)7-11-21(15)29-22-12-8-18(32-3)14-20(22)23(31)33-4/h5-14,29H,1-4H3. The van der Waals surface area contributed by atoms with Crippen LogP contribution in [-0.2, 0) is 4.74 Å². The van der Waals surface area contributed by atoms with Crippen molar-refractivity contribution in [3.63, 3.8) is 0 Å². The summed E-state index contributed by atoms with van der Waals surface area (Å²) in [7, 11) is -5.37. The van der Waals surface area contributed by atoms with Gasteiger partial charge in [-0.25, -0.2) is 4.79 Å². The van der Waals surface area contributed by atoms with E-state index in [4.69, 9.17) is 9.47 Å². The Bertz CT molecular complexity index is 1230.